The lowest BCUT2D eigenvalue weighted by molar-refractivity contribution is -0.128. The van der Waals surface area contributed by atoms with Gasteiger partial charge in [-0.15, -0.1) is 0 Å². The number of carbonyl (C=O) groups excluding carboxylic acids is 1. The van der Waals surface area contributed by atoms with Gasteiger partial charge in [0.05, 0.1) is 6.20 Å². The highest BCUT2D eigenvalue weighted by molar-refractivity contribution is 5.73. The first-order valence-corrected chi connectivity index (χ1v) is 9.22. The molecule has 0 aliphatic carbocycles. The van der Waals surface area contributed by atoms with Crippen molar-refractivity contribution in [1.29, 1.82) is 0 Å². The minimum atomic E-state index is 0.217. The molecule has 0 spiro atoms. The zero-order valence-corrected chi connectivity index (χ0v) is 15.3. The van der Waals surface area contributed by atoms with Gasteiger partial charge in [-0.3, -0.25) is 14.4 Å². The van der Waals surface area contributed by atoms with Crippen molar-refractivity contribution in [3.63, 3.8) is 0 Å². The molecule has 0 bridgehead atoms. The van der Waals surface area contributed by atoms with Gasteiger partial charge in [-0.1, -0.05) is 6.92 Å². The van der Waals surface area contributed by atoms with Gasteiger partial charge in [0, 0.05) is 72.0 Å². The van der Waals surface area contributed by atoms with Gasteiger partial charge in [0.25, 0.3) is 0 Å². The second-order valence-electron chi connectivity index (χ2n) is 7.47. The largest absolute Gasteiger partial charge is 0.342 e. The molecule has 2 saturated heterocycles. The van der Waals surface area contributed by atoms with Gasteiger partial charge in [0.15, 0.2) is 0 Å². The van der Waals surface area contributed by atoms with E-state index in [0.717, 1.165) is 52.1 Å². The molecule has 2 aliphatic heterocycles. The van der Waals surface area contributed by atoms with Crippen LogP contribution in [-0.4, -0.2) is 82.2 Å². The fraction of sp³-hybridized carbons (Fsp3) is 0.778. The van der Waals surface area contributed by atoms with Gasteiger partial charge >= 0.3 is 0 Å². The maximum absolute atomic E-state index is 11.6. The van der Waals surface area contributed by atoms with E-state index in [1.165, 1.54) is 12.1 Å². The highest BCUT2D eigenvalue weighted by Crippen LogP contribution is 2.23. The van der Waals surface area contributed by atoms with E-state index < -0.39 is 0 Å². The van der Waals surface area contributed by atoms with Crippen molar-refractivity contribution in [3.05, 3.63) is 18.0 Å². The molecule has 134 valence electrons. The Morgan fingerprint density at radius 2 is 2.08 bits per heavy atom. The molecule has 0 unspecified atom stereocenters. The lowest BCUT2D eigenvalue weighted by atomic mass is 10.0. The summed E-state index contributed by atoms with van der Waals surface area (Å²) in [7, 11) is 1.97. The number of aromatic nitrogens is 2. The van der Waals surface area contributed by atoms with E-state index in [4.69, 9.17) is 0 Å². The Morgan fingerprint density at radius 3 is 2.79 bits per heavy atom. The zero-order valence-electron chi connectivity index (χ0n) is 15.3. The number of nitrogens with zero attached hydrogens (tertiary/aromatic N) is 5. The molecule has 1 amide bonds. The standard InChI is InChI=1S/C18H31N5O/c1-15-12-21(8-5-17-11-19-20(3)13-17)14-18(15)23-7-4-6-22(9-10-23)16(2)24/h11,13,15,18H,4-10,12,14H2,1-3H3/t15-,18+/m1/s1. The molecule has 2 fully saturated rings. The summed E-state index contributed by atoms with van der Waals surface area (Å²) in [6.07, 6.45) is 6.26. The van der Waals surface area contributed by atoms with Crippen molar-refractivity contribution >= 4 is 5.91 Å². The Labute approximate surface area is 145 Å². The van der Waals surface area contributed by atoms with Gasteiger partial charge in [0.2, 0.25) is 5.91 Å². The number of carbonyl (C=O) groups is 1. The summed E-state index contributed by atoms with van der Waals surface area (Å²) in [5, 5.41) is 4.25. The van der Waals surface area contributed by atoms with Crippen LogP contribution in [0.1, 0.15) is 25.8 Å². The van der Waals surface area contributed by atoms with E-state index in [1.807, 2.05) is 22.8 Å². The van der Waals surface area contributed by atoms with E-state index in [9.17, 15) is 4.79 Å². The topological polar surface area (TPSA) is 44.6 Å². The summed E-state index contributed by atoms with van der Waals surface area (Å²) in [5.41, 5.74) is 1.32. The second-order valence-corrected chi connectivity index (χ2v) is 7.47. The van der Waals surface area contributed by atoms with Crippen LogP contribution in [0, 0.1) is 5.92 Å². The summed E-state index contributed by atoms with van der Waals surface area (Å²) >= 11 is 0. The fourth-order valence-electron chi connectivity index (χ4n) is 4.18. The van der Waals surface area contributed by atoms with Crippen LogP contribution in [0.3, 0.4) is 0 Å². The van der Waals surface area contributed by atoms with E-state index in [1.54, 1.807) is 6.92 Å². The van der Waals surface area contributed by atoms with Crippen LogP contribution < -0.4 is 0 Å². The lowest BCUT2D eigenvalue weighted by Crippen LogP contribution is -2.43. The second kappa shape index (κ2) is 7.66. The first-order chi connectivity index (χ1) is 11.5. The third-order valence-electron chi connectivity index (χ3n) is 5.57. The normalized spacial score (nSPS) is 26.7. The van der Waals surface area contributed by atoms with Crippen LogP contribution in [0.2, 0.25) is 0 Å². The van der Waals surface area contributed by atoms with E-state index >= 15 is 0 Å². The Kier molecular flexibility index (Phi) is 5.56. The number of likely N-dealkylation sites (tertiary alicyclic amines) is 1. The Balaban J connectivity index is 1.50. The van der Waals surface area contributed by atoms with Gasteiger partial charge in [-0.2, -0.15) is 5.10 Å². The van der Waals surface area contributed by atoms with Crippen LogP contribution in [0.5, 0.6) is 0 Å². The van der Waals surface area contributed by atoms with E-state index in [-0.39, 0.29) is 5.91 Å². The lowest BCUT2D eigenvalue weighted by Gasteiger charge is -2.30. The molecule has 0 radical (unpaired) electrons. The molecule has 0 N–H and O–H groups in total. The summed E-state index contributed by atoms with van der Waals surface area (Å²) in [5.74, 6) is 0.914. The molecule has 3 rings (SSSR count). The summed E-state index contributed by atoms with van der Waals surface area (Å²) in [6, 6.07) is 0.630. The van der Waals surface area contributed by atoms with Gasteiger partial charge < -0.3 is 9.80 Å². The van der Waals surface area contributed by atoms with Gasteiger partial charge in [-0.25, -0.2) is 0 Å². The van der Waals surface area contributed by atoms with Gasteiger partial charge in [0.1, 0.15) is 0 Å². The predicted molar refractivity (Wildman–Crippen MR) is 94.7 cm³/mol. The molecule has 6 nitrogen and oxygen atoms in total. The molecule has 2 aliphatic rings. The molecule has 0 aromatic carbocycles. The Bertz CT molecular complexity index is 557. The molecule has 6 heteroatoms. The van der Waals surface area contributed by atoms with Crippen molar-refractivity contribution in [2.24, 2.45) is 13.0 Å². The third kappa shape index (κ3) is 4.16. The molecule has 3 heterocycles. The predicted octanol–water partition coefficient (Wildman–Crippen LogP) is 0.837. The first kappa shape index (κ1) is 17.4. The van der Waals surface area contributed by atoms with Crippen LogP contribution in [0.25, 0.3) is 0 Å². The number of aryl methyl sites for hydroxylation is 1. The van der Waals surface area contributed by atoms with Crippen LogP contribution in [0.4, 0.5) is 0 Å². The van der Waals surface area contributed by atoms with Crippen molar-refractivity contribution < 1.29 is 4.79 Å². The van der Waals surface area contributed by atoms with Crippen molar-refractivity contribution in [2.75, 3.05) is 45.8 Å². The van der Waals surface area contributed by atoms with E-state index in [0.29, 0.717) is 12.0 Å². The summed E-state index contributed by atoms with van der Waals surface area (Å²) in [4.78, 5) is 18.8. The number of hydrogen-bond donors (Lipinski definition) is 0. The molecule has 1 aromatic heterocycles. The molecule has 2 atom stereocenters. The number of rotatable bonds is 4. The Morgan fingerprint density at radius 1 is 1.25 bits per heavy atom. The Hall–Kier alpha value is -1.40. The molecule has 1 aromatic rings. The first-order valence-electron chi connectivity index (χ1n) is 9.22. The third-order valence-corrected chi connectivity index (χ3v) is 5.57. The summed E-state index contributed by atoms with van der Waals surface area (Å²) in [6.45, 7) is 11.4. The molecular weight excluding hydrogens is 302 g/mol. The SMILES string of the molecule is CC(=O)N1CCCN([C@H]2CN(CCc3cnn(C)c3)C[C@H]2C)CC1. The van der Waals surface area contributed by atoms with E-state index in [2.05, 4.69) is 28.0 Å². The minimum Gasteiger partial charge on any atom is -0.342 e. The highest BCUT2D eigenvalue weighted by atomic mass is 16.2. The van der Waals surface area contributed by atoms with Gasteiger partial charge in [-0.05, 0) is 24.3 Å². The van der Waals surface area contributed by atoms with Crippen molar-refractivity contribution in [1.82, 2.24) is 24.5 Å². The van der Waals surface area contributed by atoms with Crippen LogP contribution in [-0.2, 0) is 18.3 Å². The zero-order chi connectivity index (χ0) is 17.1. The monoisotopic (exact) mass is 333 g/mol. The smallest absolute Gasteiger partial charge is 0.219 e. The maximum atomic E-state index is 11.6. The average molecular weight is 333 g/mol. The van der Waals surface area contributed by atoms with Crippen molar-refractivity contribution in [3.8, 4) is 0 Å². The van der Waals surface area contributed by atoms with Crippen LogP contribution in [0.15, 0.2) is 12.4 Å². The molecule has 24 heavy (non-hydrogen) atoms. The highest BCUT2D eigenvalue weighted by Gasteiger charge is 2.34. The van der Waals surface area contributed by atoms with Crippen molar-refractivity contribution in [2.45, 2.75) is 32.7 Å². The molecule has 0 saturated carbocycles. The number of hydrogen-bond acceptors (Lipinski definition) is 4. The minimum absolute atomic E-state index is 0.217. The fourth-order valence-corrected chi connectivity index (χ4v) is 4.18. The molecular formula is C18H31N5O. The maximum Gasteiger partial charge on any atom is 0.219 e. The average Bonchev–Trinajstić information content (AvgIpc) is 3.02. The van der Waals surface area contributed by atoms with Crippen LogP contribution >= 0.6 is 0 Å². The quantitative estimate of drug-likeness (QED) is 0.819. The summed E-state index contributed by atoms with van der Waals surface area (Å²) < 4.78 is 1.88. The number of amides is 1.